The van der Waals surface area contributed by atoms with E-state index in [0.717, 1.165) is 43.9 Å². The predicted molar refractivity (Wildman–Crippen MR) is 95.9 cm³/mol. The SMILES string of the molecule is O=CO.O[C@@H]1C[C@H]2CN(Cc3cc(C4CC4)on3)C[C@H]2C[C@H]1n1cccn1. The zero-order valence-electron chi connectivity index (χ0n) is 15.2. The van der Waals surface area contributed by atoms with Gasteiger partial charge in [0.2, 0.25) is 0 Å². The first kappa shape index (κ1) is 18.2. The van der Waals surface area contributed by atoms with Gasteiger partial charge in [-0.2, -0.15) is 5.10 Å². The van der Waals surface area contributed by atoms with Crippen molar-refractivity contribution < 1.29 is 19.5 Å². The molecule has 2 aromatic rings. The lowest BCUT2D eigenvalue weighted by molar-refractivity contribution is -0.122. The fraction of sp³-hybridized carbons (Fsp3) is 0.632. The van der Waals surface area contributed by atoms with Gasteiger partial charge in [-0.05, 0) is 43.6 Å². The largest absolute Gasteiger partial charge is 0.483 e. The van der Waals surface area contributed by atoms with E-state index in [1.807, 2.05) is 16.9 Å². The number of aliphatic hydroxyl groups is 1. The molecule has 0 unspecified atom stereocenters. The predicted octanol–water partition coefficient (Wildman–Crippen LogP) is 1.89. The van der Waals surface area contributed by atoms with Crippen LogP contribution in [-0.4, -0.2) is 55.7 Å². The van der Waals surface area contributed by atoms with E-state index in [9.17, 15) is 5.11 Å². The standard InChI is InChI=1S/C18H24N4O2.CH2O2/c23-17-7-14-10-21(11-15-8-18(24-20-15)12-2-3-12)9-13(14)6-16(17)22-5-1-4-19-22;2-1-3/h1,4-5,8,12-14,16-17,23H,2-3,6-7,9-11H2;1H,(H,2,3)/t13-,14+,16-,17-;/m1./s1. The Hall–Kier alpha value is -2.19. The molecule has 0 amide bonds. The molecule has 2 aromatic heterocycles. The van der Waals surface area contributed by atoms with Crippen molar-refractivity contribution in [2.75, 3.05) is 13.1 Å². The summed E-state index contributed by atoms with van der Waals surface area (Å²) in [6, 6.07) is 4.19. The fourth-order valence-corrected chi connectivity index (χ4v) is 4.59. The summed E-state index contributed by atoms with van der Waals surface area (Å²) in [5.41, 5.74) is 1.06. The summed E-state index contributed by atoms with van der Waals surface area (Å²) in [7, 11) is 0. The lowest BCUT2D eigenvalue weighted by Gasteiger charge is -2.35. The van der Waals surface area contributed by atoms with Crippen LogP contribution < -0.4 is 0 Å². The minimum Gasteiger partial charge on any atom is -0.483 e. The number of aliphatic hydroxyl groups excluding tert-OH is 1. The summed E-state index contributed by atoms with van der Waals surface area (Å²) in [6.07, 6.45) is 7.84. The molecular formula is C19H26N4O4. The molecule has 8 nitrogen and oxygen atoms in total. The van der Waals surface area contributed by atoms with E-state index >= 15 is 0 Å². The van der Waals surface area contributed by atoms with Crippen molar-refractivity contribution in [2.45, 2.75) is 50.3 Å². The van der Waals surface area contributed by atoms with Gasteiger partial charge in [-0.3, -0.25) is 14.4 Å². The van der Waals surface area contributed by atoms with Crippen molar-refractivity contribution in [2.24, 2.45) is 11.8 Å². The van der Waals surface area contributed by atoms with Gasteiger partial charge in [0.15, 0.2) is 0 Å². The first-order valence-electron chi connectivity index (χ1n) is 9.60. The van der Waals surface area contributed by atoms with Crippen molar-refractivity contribution in [3.8, 4) is 0 Å². The summed E-state index contributed by atoms with van der Waals surface area (Å²) in [5, 5.41) is 26.0. The average Bonchev–Trinajstić information content (AvgIpc) is 3.04. The summed E-state index contributed by atoms with van der Waals surface area (Å²) < 4.78 is 7.41. The second kappa shape index (κ2) is 7.82. The van der Waals surface area contributed by atoms with E-state index in [4.69, 9.17) is 14.4 Å². The number of likely N-dealkylation sites (tertiary alicyclic amines) is 1. The molecule has 0 spiro atoms. The topological polar surface area (TPSA) is 105 Å². The van der Waals surface area contributed by atoms with Crippen LogP contribution in [0.25, 0.3) is 0 Å². The molecule has 1 aliphatic heterocycles. The van der Waals surface area contributed by atoms with Crippen LogP contribution in [-0.2, 0) is 11.3 Å². The molecule has 0 bridgehead atoms. The highest BCUT2D eigenvalue weighted by Gasteiger charge is 2.42. The smallest absolute Gasteiger partial charge is 0.290 e. The van der Waals surface area contributed by atoms with Gasteiger partial charge in [0, 0.05) is 44.0 Å². The molecular weight excluding hydrogens is 348 g/mol. The molecule has 3 aliphatic rings. The van der Waals surface area contributed by atoms with Gasteiger partial charge in [-0.1, -0.05) is 5.16 Å². The van der Waals surface area contributed by atoms with Crippen molar-refractivity contribution in [1.82, 2.24) is 19.8 Å². The molecule has 27 heavy (non-hydrogen) atoms. The van der Waals surface area contributed by atoms with Crippen LogP contribution in [0.5, 0.6) is 0 Å². The number of carbonyl (C=O) groups is 1. The molecule has 3 fully saturated rings. The van der Waals surface area contributed by atoms with E-state index < -0.39 is 0 Å². The van der Waals surface area contributed by atoms with Gasteiger partial charge in [0.05, 0.1) is 17.8 Å². The third kappa shape index (κ3) is 4.06. The van der Waals surface area contributed by atoms with E-state index in [-0.39, 0.29) is 18.6 Å². The lowest BCUT2D eigenvalue weighted by Crippen LogP contribution is -2.36. The maximum Gasteiger partial charge on any atom is 0.290 e. The summed E-state index contributed by atoms with van der Waals surface area (Å²) in [5.74, 6) is 2.91. The Balaban J connectivity index is 0.000000565. The number of hydrogen-bond donors (Lipinski definition) is 2. The monoisotopic (exact) mass is 374 g/mol. The molecule has 4 atom stereocenters. The number of aromatic nitrogens is 3. The minimum atomic E-state index is -0.292. The number of fused-ring (bicyclic) bond motifs is 1. The van der Waals surface area contributed by atoms with Crippen LogP contribution >= 0.6 is 0 Å². The van der Waals surface area contributed by atoms with Gasteiger partial charge in [-0.25, -0.2) is 0 Å². The van der Waals surface area contributed by atoms with Gasteiger partial charge in [0.1, 0.15) is 5.76 Å². The Morgan fingerprint density at radius 3 is 2.67 bits per heavy atom. The number of hydrogen-bond acceptors (Lipinski definition) is 6. The van der Waals surface area contributed by atoms with E-state index in [1.54, 1.807) is 6.20 Å². The molecule has 146 valence electrons. The Morgan fingerprint density at radius 2 is 2.00 bits per heavy atom. The highest BCUT2D eigenvalue weighted by atomic mass is 16.5. The van der Waals surface area contributed by atoms with Crippen molar-refractivity contribution in [1.29, 1.82) is 0 Å². The third-order valence-electron chi connectivity index (χ3n) is 5.99. The molecule has 3 heterocycles. The second-order valence-corrected chi connectivity index (χ2v) is 7.91. The van der Waals surface area contributed by atoms with Gasteiger partial charge < -0.3 is 14.7 Å². The highest BCUT2D eigenvalue weighted by Crippen LogP contribution is 2.42. The molecule has 2 saturated carbocycles. The van der Waals surface area contributed by atoms with Crippen LogP contribution in [0.15, 0.2) is 29.0 Å². The van der Waals surface area contributed by atoms with E-state index in [2.05, 4.69) is 21.2 Å². The molecule has 2 N–H and O–H groups in total. The molecule has 5 rings (SSSR count). The molecule has 8 heteroatoms. The Bertz CT molecular complexity index is 743. The number of rotatable bonds is 4. The number of nitrogens with zero attached hydrogens (tertiary/aromatic N) is 4. The first-order valence-corrected chi connectivity index (χ1v) is 9.60. The van der Waals surface area contributed by atoms with Crippen LogP contribution in [0.1, 0.15) is 49.1 Å². The number of carboxylic acid groups (broad SMARTS) is 1. The lowest BCUT2D eigenvalue weighted by atomic mass is 9.77. The van der Waals surface area contributed by atoms with Crippen molar-refractivity contribution in [3.63, 3.8) is 0 Å². The van der Waals surface area contributed by atoms with Gasteiger partial charge in [0.25, 0.3) is 6.47 Å². The Labute approximate surface area is 157 Å². The van der Waals surface area contributed by atoms with Crippen molar-refractivity contribution >= 4 is 6.47 Å². The van der Waals surface area contributed by atoms with E-state index in [0.29, 0.717) is 17.8 Å². The van der Waals surface area contributed by atoms with Crippen LogP contribution in [0.2, 0.25) is 0 Å². The van der Waals surface area contributed by atoms with Crippen LogP contribution in [0, 0.1) is 11.8 Å². The molecule has 0 aromatic carbocycles. The Kier molecular flexibility index (Phi) is 5.27. The molecule has 0 radical (unpaired) electrons. The maximum atomic E-state index is 10.5. The highest BCUT2D eigenvalue weighted by molar-refractivity contribution is 5.32. The van der Waals surface area contributed by atoms with Gasteiger partial charge >= 0.3 is 0 Å². The normalized spacial score (nSPS) is 30.4. The maximum absolute atomic E-state index is 10.5. The summed E-state index contributed by atoms with van der Waals surface area (Å²) in [6.45, 7) is 2.76. The van der Waals surface area contributed by atoms with Crippen LogP contribution in [0.3, 0.4) is 0 Å². The Morgan fingerprint density at radius 1 is 1.26 bits per heavy atom. The van der Waals surface area contributed by atoms with Gasteiger partial charge in [-0.15, -0.1) is 0 Å². The molecule has 2 aliphatic carbocycles. The molecule has 1 saturated heterocycles. The van der Waals surface area contributed by atoms with Crippen molar-refractivity contribution in [3.05, 3.63) is 36.0 Å². The summed E-state index contributed by atoms with van der Waals surface area (Å²) in [4.78, 5) is 10.8. The fourth-order valence-electron chi connectivity index (χ4n) is 4.59. The third-order valence-corrected chi connectivity index (χ3v) is 5.99. The van der Waals surface area contributed by atoms with E-state index in [1.165, 1.54) is 12.8 Å². The zero-order valence-corrected chi connectivity index (χ0v) is 15.2. The minimum absolute atomic E-state index is 0.120. The van der Waals surface area contributed by atoms with Crippen LogP contribution in [0.4, 0.5) is 0 Å². The average molecular weight is 374 g/mol. The second-order valence-electron chi connectivity index (χ2n) is 7.91. The first-order chi connectivity index (χ1) is 13.2. The zero-order chi connectivity index (χ0) is 18.8. The quantitative estimate of drug-likeness (QED) is 0.788. The summed E-state index contributed by atoms with van der Waals surface area (Å²) >= 11 is 0.